The third-order valence-corrected chi connectivity index (χ3v) is 4.08. The zero-order valence-corrected chi connectivity index (χ0v) is 12.8. The monoisotopic (exact) mass is 312 g/mol. The van der Waals surface area contributed by atoms with Crippen LogP contribution in [0.2, 0.25) is 5.02 Å². The van der Waals surface area contributed by atoms with Crippen LogP contribution in [0.5, 0.6) is 11.5 Å². The number of hydrogen-bond donors (Lipinski definition) is 0. The molecule has 1 rings (SSSR count). The Hall–Kier alpha value is -0.650. The number of benzene rings is 1. The summed E-state index contributed by atoms with van der Waals surface area (Å²) in [4.78, 5) is 0. The SMILES string of the molecule is COc1c(C)c(CS(=O)(=O)Cl)c(OC)c(C)c1Cl. The van der Waals surface area contributed by atoms with Crippen molar-refractivity contribution in [1.82, 2.24) is 0 Å². The first-order valence-electron chi connectivity index (χ1n) is 5.04. The summed E-state index contributed by atoms with van der Waals surface area (Å²) in [6.07, 6.45) is 0. The van der Waals surface area contributed by atoms with Gasteiger partial charge in [-0.3, -0.25) is 0 Å². The highest BCUT2D eigenvalue weighted by atomic mass is 35.7. The molecule has 0 aliphatic rings. The molecule has 0 aliphatic heterocycles. The average molecular weight is 313 g/mol. The van der Waals surface area contributed by atoms with E-state index in [0.29, 0.717) is 33.2 Å². The van der Waals surface area contributed by atoms with Gasteiger partial charge in [0.15, 0.2) is 0 Å². The van der Waals surface area contributed by atoms with Gasteiger partial charge in [-0.15, -0.1) is 0 Å². The van der Waals surface area contributed by atoms with Crippen LogP contribution in [-0.4, -0.2) is 22.6 Å². The topological polar surface area (TPSA) is 52.6 Å². The molecule has 0 aliphatic carbocycles. The molecule has 0 N–H and O–H groups in total. The summed E-state index contributed by atoms with van der Waals surface area (Å²) in [5.74, 6) is 0.519. The Labute approximate surface area is 116 Å². The van der Waals surface area contributed by atoms with E-state index in [1.54, 1.807) is 13.8 Å². The summed E-state index contributed by atoms with van der Waals surface area (Å²) < 4.78 is 32.9. The lowest BCUT2D eigenvalue weighted by atomic mass is 10.0. The van der Waals surface area contributed by atoms with E-state index in [2.05, 4.69) is 0 Å². The van der Waals surface area contributed by atoms with Crippen LogP contribution in [0.3, 0.4) is 0 Å². The van der Waals surface area contributed by atoms with E-state index in [-0.39, 0.29) is 5.75 Å². The summed E-state index contributed by atoms with van der Waals surface area (Å²) in [5.41, 5.74) is 1.69. The molecule has 0 amide bonds. The van der Waals surface area contributed by atoms with E-state index < -0.39 is 9.05 Å². The molecule has 0 heterocycles. The van der Waals surface area contributed by atoms with Crippen molar-refractivity contribution >= 4 is 31.3 Å². The Balaban J connectivity index is 3.62. The molecule has 7 heteroatoms. The third-order valence-electron chi connectivity index (χ3n) is 2.66. The number of ether oxygens (including phenoxy) is 2. The highest BCUT2D eigenvalue weighted by Crippen LogP contribution is 2.42. The van der Waals surface area contributed by atoms with Crippen molar-refractivity contribution in [2.45, 2.75) is 19.6 Å². The molecule has 0 atom stereocenters. The molecule has 1 aromatic rings. The second-order valence-electron chi connectivity index (χ2n) is 3.79. The van der Waals surface area contributed by atoms with E-state index in [4.69, 9.17) is 31.8 Å². The third kappa shape index (κ3) is 3.02. The van der Waals surface area contributed by atoms with Gasteiger partial charge in [0.25, 0.3) is 0 Å². The average Bonchev–Trinajstić information content (AvgIpc) is 2.25. The molecule has 0 radical (unpaired) electrons. The summed E-state index contributed by atoms with van der Waals surface area (Å²) in [6, 6.07) is 0. The van der Waals surface area contributed by atoms with Crippen molar-refractivity contribution < 1.29 is 17.9 Å². The van der Waals surface area contributed by atoms with Crippen LogP contribution in [0.1, 0.15) is 16.7 Å². The molecule has 0 bridgehead atoms. The fourth-order valence-electron chi connectivity index (χ4n) is 1.83. The predicted molar refractivity (Wildman–Crippen MR) is 72.5 cm³/mol. The van der Waals surface area contributed by atoms with Gasteiger partial charge in [0.05, 0.1) is 25.0 Å². The van der Waals surface area contributed by atoms with Crippen molar-refractivity contribution in [3.05, 3.63) is 21.7 Å². The Kier molecular flexibility index (Phi) is 4.75. The quantitative estimate of drug-likeness (QED) is 0.802. The molecule has 102 valence electrons. The first-order chi connectivity index (χ1) is 8.22. The van der Waals surface area contributed by atoms with E-state index in [1.165, 1.54) is 14.2 Å². The van der Waals surface area contributed by atoms with E-state index in [1.807, 2.05) is 0 Å². The molecule has 0 saturated carbocycles. The van der Waals surface area contributed by atoms with Crippen LogP contribution >= 0.6 is 22.3 Å². The lowest BCUT2D eigenvalue weighted by molar-refractivity contribution is 0.395. The van der Waals surface area contributed by atoms with Gasteiger partial charge in [-0.05, 0) is 13.8 Å². The largest absolute Gasteiger partial charge is 0.496 e. The smallest absolute Gasteiger partial charge is 0.236 e. The summed E-state index contributed by atoms with van der Waals surface area (Å²) in [6.45, 7) is 3.44. The normalized spacial score (nSPS) is 11.4. The van der Waals surface area contributed by atoms with Gasteiger partial charge in [-0.25, -0.2) is 8.42 Å². The highest BCUT2D eigenvalue weighted by molar-refractivity contribution is 8.13. The minimum Gasteiger partial charge on any atom is -0.496 e. The van der Waals surface area contributed by atoms with Gasteiger partial charge in [0.1, 0.15) is 11.5 Å². The second kappa shape index (κ2) is 5.55. The minimum atomic E-state index is -3.69. The zero-order valence-electron chi connectivity index (χ0n) is 10.5. The van der Waals surface area contributed by atoms with Crippen molar-refractivity contribution in [2.24, 2.45) is 0 Å². The Morgan fingerprint density at radius 3 is 1.94 bits per heavy atom. The van der Waals surface area contributed by atoms with Gasteiger partial charge in [-0.2, -0.15) is 0 Å². The first kappa shape index (κ1) is 15.4. The van der Waals surface area contributed by atoms with Crippen LogP contribution < -0.4 is 9.47 Å². The molecule has 1 aromatic carbocycles. The molecule has 18 heavy (non-hydrogen) atoms. The summed E-state index contributed by atoms with van der Waals surface area (Å²) >= 11 is 6.14. The maximum absolute atomic E-state index is 11.3. The zero-order chi connectivity index (χ0) is 14.1. The highest BCUT2D eigenvalue weighted by Gasteiger charge is 2.23. The second-order valence-corrected chi connectivity index (χ2v) is 6.95. The molecule has 0 fully saturated rings. The molecular formula is C11H14Cl2O4S. The standard InChI is InChI=1S/C11H14Cl2O4S/c1-6-8(5-18(13,14)15)10(16-3)7(2)9(12)11(6)17-4/h5H2,1-4H3. The molecule has 0 aromatic heterocycles. The summed E-state index contributed by atoms with van der Waals surface area (Å²) in [5, 5.41) is 0.405. The van der Waals surface area contributed by atoms with Crippen LogP contribution in [-0.2, 0) is 14.8 Å². The fraction of sp³-hybridized carbons (Fsp3) is 0.455. The molecule has 0 unspecified atom stereocenters. The molecule has 4 nitrogen and oxygen atoms in total. The van der Waals surface area contributed by atoms with Gasteiger partial charge in [0.2, 0.25) is 9.05 Å². The Morgan fingerprint density at radius 2 is 1.56 bits per heavy atom. The van der Waals surface area contributed by atoms with Crippen molar-refractivity contribution in [1.29, 1.82) is 0 Å². The van der Waals surface area contributed by atoms with Crippen molar-refractivity contribution in [3.8, 4) is 11.5 Å². The number of hydrogen-bond acceptors (Lipinski definition) is 4. The van der Waals surface area contributed by atoms with Crippen LogP contribution in [0.15, 0.2) is 0 Å². The lowest BCUT2D eigenvalue weighted by Gasteiger charge is -2.18. The van der Waals surface area contributed by atoms with Crippen LogP contribution in [0.4, 0.5) is 0 Å². The van der Waals surface area contributed by atoms with Gasteiger partial charge < -0.3 is 9.47 Å². The van der Waals surface area contributed by atoms with E-state index >= 15 is 0 Å². The first-order valence-corrected chi connectivity index (χ1v) is 7.90. The van der Waals surface area contributed by atoms with Crippen LogP contribution in [0.25, 0.3) is 0 Å². The molecular weight excluding hydrogens is 299 g/mol. The van der Waals surface area contributed by atoms with Gasteiger partial charge in [-0.1, -0.05) is 11.6 Å². The van der Waals surface area contributed by atoms with E-state index in [9.17, 15) is 8.42 Å². The minimum absolute atomic E-state index is 0.335. The molecule has 0 saturated heterocycles. The predicted octanol–water partition coefficient (Wildman–Crippen LogP) is 3.04. The number of halogens is 2. The van der Waals surface area contributed by atoms with Gasteiger partial charge >= 0.3 is 0 Å². The van der Waals surface area contributed by atoms with Gasteiger partial charge in [0, 0.05) is 27.4 Å². The lowest BCUT2D eigenvalue weighted by Crippen LogP contribution is -2.05. The van der Waals surface area contributed by atoms with Crippen molar-refractivity contribution in [3.63, 3.8) is 0 Å². The van der Waals surface area contributed by atoms with Crippen molar-refractivity contribution in [2.75, 3.05) is 14.2 Å². The molecule has 0 spiro atoms. The summed E-state index contributed by atoms with van der Waals surface area (Å²) in [7, 11) is 4.53. The Bertz CT molecular complexity index is 567. The fourth-order valence-corrected chi connectivity index (χ4v) is 3.16. The maximum atomic E-state index is 11.3. The van der Waals surface area contributed by atoms with Crippen LogP contribution in [0, 0.1) is 13.8 Å². The van der Waals surface area contributed by atoms with E-state index in [0.717, 1.165) is 0 Å². The Morgan fingerprint density at radius 1 is 1.06 bits per heavy atom. The maximum Gasteiger partial charge on any atom is 0.236 e. The number of methoxy groups -OCH3 is 2. The number of rotatable bonds is 4.